The Kier molecular flexibility index (Phi) is 7.96. The first kappa shape index (κ1) is 24.4. The minimum Gasteiger partial charge on any atom is -0.595 e. The zero-order valence-electron chi connectivity index (χ0n) is 17.6. The van der Waals surface area contributed by atoms with Crippen molar-refractivity contribution >= 4 is 46.9 Å². The van der Waals surface area contributed by atoms with E-state index in [2.05, 4.69) is 10.7 Å². The van der Waals surface area contributed by atoms with E-state index in [4.69, 9.17) is 17.3 Å². The van der Waals surface area contributed by atoms with E-state index in [0.717, 1.165) is 5.01 Å². The number of nitrogens with zero attached hydrogens (tertiary/aromatic N) is 1. The van der Waals surface area contributed by atoms with Crippen molar-refractivity contribution in [1.29, 1.82) is 0 Å². The summed E-state index contributed by atoms with van der Waals surface area (Å²) in [5.74, 6) is -1.47. The van der Waals surface area contributed by atoms with Crippen LogP contribution in [0.4, 0.5) is 16.2 Å². The van der Waals surface area contributed by atoms with Crippen LogP contribution in [0, 0.1) is 5.21 Å². The Morgan fingerprint density at radius 3 is 2.29 bits per heavy atom. The molecule has 174 valence electrons. The van der Waals surface area contributed by atoms with Gasteiger partial charge >= 0.3 is 6.03 Å². The lowest BCUT2D eigenvalue weighted by Crippen LogP contribution is -2.99. The van der Waals surface area contributed by atoms with Crippen molar-refractivity contribution in [2.45, 2.75) is 0 Å². The number of nitrogens with two attached hydrogens (primary N) is 1. The molecule has 11 heteroatoms. The molecule has 0 spiro atoms. The maximum Gasteiger partial charge on any atom is 0.338 e. The highest BCUT2D eigenvalue weighted by Crippen LogP contribution is 2.17. The van der Waals surface area contributed by atoms with Crippen molar-refractivity contribution in [3.63, 3.8) is 0 Å². The number of rotatable bonds is 6. The van der Waals surface area contributed by atoms with E-state index >= 15 is 0 Å². The summed E-state index contributed by atoms with van der Waals surface area (Å²) in [6.45, 7) is 0. The van der Waals surface area contributed by atoms with Crippen molar-refractivity contribution in [2.24, 2.45) is 5.73 Å². The van der Waals surface area contributed by atoms with Gasteiger partial charge in [0.15, 0.2) is 5.69 Å². The van der Waals surface area contributed by atoms with Crippen molar-refractivity contribution in [3.05, 3.63) is 106 Å². The third-order valence-electron chi connectivity index (χ3n) is 4.49. The second kappa shape index (κ2) is 11.1. The molecule has 0 aliphatic heterocycles. The molecule has 0 aliphatic rings. The summed E-state index contributed by atoms with van der Waals surface area (Å²) in [5, 5.41) is 23.1. The quantitative estimate of drug-likeness (QED) is 0.270. The maximum atomic E-state index is 13.1. The molecule has 0 radical (unpaired) electrons. The number of primary amides is 1. The molecule has 3 aromatic carbocycles. The van der Waals surface area contributed by atoms with Crippen molar-refractivity contribution in [1.82, 2.24) is 10.7 Å². The van der Waals surface area contributed by atoms with Gasteiger partial charge in [0.2, 0.25) is 0 Å². The predicted molar refractivity (Wildman–Crippen MR) is 126 cm³/mol. The van der Waals surface area contributed by atoms with Crippen LogP contribution in [0.1, 0.15) is 15.9 Å². The molecule has 0 fully saturated rings. The number of carbonyl (C=O) groups is 3. The van der Waals surface area contributed by atoms with Crippen LogP contribution < -0.4 is 26.7 Å². The van der Waals surface area contributed by atoms with Crippen LogP contribution >= 0.6 is 11.6 Å². The van der Waals surface area contributed by atoms with Crippen LogP contribution in [0.3, 0.4) is 0 Å². The Morgan fingerprint density at radius 1 is 1.00 bits per heavy atom. The van der Waals surface area contributed by atoms with Crippen LogP contribution in [0.5, 0.6) is 0 Å². The van der Waals surface area contributed by atoms with Gasteiger partial charge in [-0.05, 0) is 48.0 Å². The number of halogens is 1. The number of hydrogen-bond donors (Lipinski definition) is 5. The smallest absolute Gasteiger partial charge is 0.338 e. The van der Waals surface area contributed by atoms with E-state index in [1.54, 1.807) is 36.4 Å². The van der Waals surface area contributed by atoms with Crippen LogP contribution in [0.25, 0.3) is 6.08 Å². The van der Waals surface area contributed by atoms with E-state index in [9.17, 15) is 24.8 Å². The number of amides is 4. The topological polar surface area (TPSA) is 152 Å². The van der Waals surface area contributed by atoms with Crippen LogP contribution in [-0.4, -0.2) is 23.1 Å². The Bertz CT molecular complexity index is 1220. The minimum atomic E-state index is -1.16. The average Bonchev–Trinajstić information content (AvgIpc) is 2.83. The number of hydrogen-bond acceptors (Lipinski definition) is 5. The molecular formula is C23H20ClN5O5. The van der Waals surface area contributed by atoms with Gasteiger partial charge in [0.1, 0.15) is 5.70 Å². The molecule has 0 saturated carbocycles. The Morgan fingerprint density at radius 2 is 1.68 bits per heavy atom. The Hall–Kier alpha value is -4.22. The zero-order valence-corrected chi connectivity index (χ0v) is 18.3. The van der Waals surface area contributed by atoms with Gasteiger partial charge in [0, 0.05) is 22.7 Å². The van der Waals surface area contributed by atoms with Gasteiger partial charge in [-0.25, -0.2) is 15.0 Å². The van der Waals surface area contributed by atoms with Crippen molar-refractivity contribution in [3.8, 4) is 0 Å². The van der Waals surface area contributed by atoms with Crippen LogP contribution in [0.2, 0.25) is 5.02 Å². The number of urea groups is 1. The number of nitrogens with one attached hydrogen (secondary N) is 3. The van der Waals surface area contributed by atoms with E-state index < -0.39 is 23.1 Å². The van der Waals surface area contributed by atoms with Crippen molar-refractivity contribution < 1.29 is 24.8 Å². The summed E-state index contributed by atoms with van der Waals surface area (Å²) in [5.41, 5.74) is 8.34. The molecule has 10 nitrogen and oxygen atoms in total. The van der Waals surface area contributed by atoms with Crippen molar-refractivity contribution in [2.75, 3.05) is 5.01 Å². The van der Waals surface area contributed by atoms with Crippen LogP contribution in [0.15, 0.2) is 84.6 Å². The number of hydrazine groups is 1. The molecule has 0 saturated heterocycles. The first-order valence-electron chi connectivity index (χ1n) is 9.82. The van der Waals surface area contributed by atoms with Crippen LogP contribution in [-0.2, 0) is 4.79 Å². The normalized spacial score (nSPS) is 11.9. The molecular weight excluding hydrogens is 462 g/mol. The Balaban J connectivity index is 1.95. The SMILES string of the molecule is NC(=O)N(NC(=O)/C(=C\c1cccc([NH+]([O-])O)c1)NC(=O)c1ccccc1)c1ccc(Cl)cc1. The van der Waals surface area contributed by atoms with Gasteiger partial charge in [-0.1, -0.05) is 41.9 Å². The maximum absolute atomic E-state index is 13.1. The summed E-state index contributed by atoms with van der Waals surface area (Å²) >= 11 is 5.87. The molecule has 34 heavy (non-hydrogen) atoms. The molecule has 1 atom stereocenters. The lowest BCUT2D eigenvalue weighted by molar-refractivity contribution is -0.991. The van der Waals surface area contributed by atoms with Gasteiger partial charge in [-0.15, -0.1) is 0 Å². The number of benzene rings is 3. The highest BCUT2D eigenvalue weighted by Gasteiger charge is 2.21. The molecule has 0 bridgehead atoms. The highest BCUT2D eigenvalue weighted by atomic mass is 35.5. The van der Waals surface area contributed by atoms with Gasteiger partial charge in [0.05, 0.1) is 5.69 Å². The summed E-state index contributed by atoms with van der Waals surface area (Å²) in [7, 11) is 0. The number of quaternary nitrogens is 1. The van der Waals surface area contributed by atoms with E-state index in [1.807, 2.05) is 0 Å². The average molecular weight is 482 g/mol. The highest BCUT2D eigenvalue weighted by molar-refractivity contribution is 6.30. The predicted octanol–water partition coefficient (Wildman–Crippen LogP) is 2.13. The second-order valence-corrected chi connectivity index (χ2v) is 7.34. The fraction of sp³-hybridized carbons (Fsp3) is 0. The Labute approximate surface area is 199 Å². The van der Waals surface area contributed by atoms with Gasteiger partial charge in [-0.3, -0.25) is 15.0 Å². The van der Waals surface area contributed by atoms with E-state index in [1.165, 1.54) is 48.5 Å². The monoisotopic (exact) mass is 481 g/mol. The standard InChI is InChI=1S/C23H20ClN5O5/c24-17-9-11-18(12-10-17)28(23(25)32)27-22(31)20(26-21(30)16-6-2-1-3-7-16)14-15-5-4-8-19(13-15)29(33)34/h1-14,29,33H,(H2,25,32)(H,26,30)(H,27,31)/b20-14+. The molecule has 3 rings (SSSR count). The lowest BCUT2D eigenvalue weighted by Gasteiger charge is -2.22. The molecule has 3 aromatic rings. The first-order chi connectivity index (χ1) is 16.2. The van der Waals surface area contributed by atoms with E-state index in [-0.39, 0.29) is 22.6 Å². The number of carbonyl (C=O) groups excluding carboxylic acids is 3. The summed E-state index contributed by atoms with van der Waals surface area (Å²) in [6.07, 6.45) is 1.28. The number of anilines is 1. The summed E-state index contributed by atoms with van der Waals surface area (Å²) in [4.78, 5) is 37.8. The molecule has 6 N–H and O–H groups in total. The summed E-state index contributed by atoms with van der Waals surface area (Å²) < 4.78 is 0. The fourth-order valence-corrected chi connectivity index (χ4v) is 3.00. The minimum absolute atomic E-state index is 0.0113. The molecule has 0 aliphatic carbocycles. The third kappa shape index (κ3) is 6.40. The van der Waals surface area contributed by atoms with Gasteiger partial charge in [-0.2, -0.15) is 5.23 Å². The van der Waals surface area contributed by atoms with Gasteiger partial charge < -0.3 is 16.3 Å². The van der Waals surface area contributed by atoms with E-state index in [0.29, 0.717) is 10.6 Å². The zero-order chi connectivity index (χ0) is 24.7. The first-order valence-corrected chi connectivity index (χ1v) is 10.2. The molecule has 4 amide bonds. The lowest BCUT2D eigenvalue weighted by atomic mass is 10.1. The summed E-state index contributed by atoms with van der Waals surface area (Å²) in [6, 6.07) is 18.9. The second-order valence-electron chi connectivity index (χ2n) is 6.90. The molecule has 0 heterocycles. The molecule has 1 unspecified atom stereocenters. The molecule has 0 aromatic heterocycles. The largest absolute Gasteiger partial charge is 0.595 e. The third-order valence-corrected chi connectivity index (χ3v) is 4.74. The fourth-order valence-electron chi connectivity index (χ4n) is 2.87. The van der Waals surface area contributed by atoms with Gasteiger partial charge in [0.25, 0.3) is 11.8 Å².